The van der Waals surface area contributed by atoms with Crippen molar-refractivity contribution in [1.82, 2.24) is 9.78 Å². The molecule has 0 fully saturated rings. The Bertz CT molecular complexity index is 497. The van der Waals surface area contributed by atoms with Crippen molar-refractivity contribution in [2.45, 2.75) is 20.8 Å². The quantitative estimate of drug-likeness (QED) is 0.615. The highest BCUT2D eigenvalue weighted by Crippen LogP contribution is 2.31. The number of aliphatic carboxylic acids is 1. The molecule has 1 heterocycles. The predicted molar refractivity (Wildman–Crippen MR) is 69.3 cm³/mol. The largest absolute Gasteiger partial charge is 0.481 e. The summed E-state index contributed by atoms with van der Waals surface area (Å²) in [5.74, 6) is -1.20. The molecular formula is C11H18N4O4. The van der Waals surface area contributed by atoms with Crippen molar-refractivity contribution in [2.75, 3.05) is 18.0 Å². The van der Waals surface area contributed by atoms with Gasteiger partial charge in [0.2, 0.25) is 5.82 Å². The van der Waals surface area contributed by atoms with Gasteiger partial charge in [0.15, 0.2) is 0 Å². The third kappa shape index (κ3) is 3.01. The lowest BCUT2D eigenvalue weighted by molar-refractivity contribution is -0.384. The molecule has 0 aromatic carbocycles. The molecule has 0 saturated heterocycles. The van der Waals surface area contributed by atoms with Crippen molar-refractivity contribution in [3.05, 3.63) is 15.8 Å². The summed E-state index contributed by atoms with van der Waals surface area (Å²) < 4.78 is 1.42. The molecule has 8 heteroatoms. The van der Waals surface area contributed by atoms with Gasteiger partial charge in [0.1, 0.15) is 5.69 Å². The number of carboxylic acids is 1. The van der Waals surface area contributed by atoms with Crippen LogP contribution in [0.5, 0.6) is 0 Å². The number of aryl methyl sites for hydroxylation is 2. The predicted octanol–water partition coefficient (Wildman–Crippen LogP) is 1.18. The third-order valence-corrected chi connectivity index (χ3v) is 2.94. The van der Waals surface area contributed by atoms with E-state index in [2.05, 4.69) is 5.10 Å². The zero-order valence-electron chi connectivity index (χ0n) is 11.5. The van der Waals surface area contributed by atoms with Gasteiger partial charge in [-0.15, -0.1) is 0 Å². The van der Waals surface area contributed by atoms with E-state index in [9.17, 15) is 14.9 Å². The minimum Gasteiger partial charge on any atom is -0.481 e. The van der Waals surface area contributed by atoms with Crippen LogP contribution in [0.3, 0.4) is 0 Å². The maximum atomic E-state index is 11.1. The smallest absolute Gasteiger partial charge is 0.333 e. The van der Waals surface area contributed by atoms with E-state index >= 15 is 0 Å². The average Bonchev–Trinajstić information content (AvgIpc) is 2.60. The van der Waals surface area contributed by atoms with E-state index in [1.54, 1.807) is 25.8 Å². The Morgan fingerprint density at radius 1 is 1.63 bits per heavy atom. The van der Waals surface area contributed by atoms with Crippen LogP contribution < -0.4 is 4.90 Å². The van der Waals surface area contributed by atoms with Crippen molar-refractivity contribution in [1.29, 1.82) is 0 Å². The van der Waals surface area contributed by atoms with Crippen LogP contribution in [0.15, 0.2) is 0 Å². The summed E-state index contributed by atoms with van der Waals surface area (Å²) in [6.07, 6.45) is 0. The minimum atomic E-state index is -0.931. The van der Waals surface area contributed by atoms with Crippen LogP contribution in [0.25, 0.3) is 0 Å². The van der Waals surface area contributed by atoms with E-state index in [0.717, 1.165) is 0 Å². The van der Waals surface area contributed by atoms with Gasteiger partial charge in [0.25, 0.3) is 0 Å². The highest BCUT2D eigenvalue weighted by molar-refractivity contribution is 5.71. The summed E-state index contributed by atoms with van der Waals surface area (Å²) in [7, 11) is 1.61. The monoisotopic (exact) mass is 270 g/mol. The van der Waals surface area contributed by atoms with Gasteiger partial charge in [0, 0.05) is 20.1 Å². The van der Waals surface area contributed by atoms with Crippen LogP contribution >= 0.6 is 0 Å². The molecule has 8 nitrogen and oxygen atoms in total. The third-order valence-electron chi connectivity index (χ3n) is 2.94. The molecule has 0 bridgehead atoms. The molecule has 1 N–H and O–H groups in total. The Hall–Kier alpha value is -2.12. The van der Waals surface area contributed by atoms with Crippen LogP contribution in [0.2, 0.25) is 0 Å². The molecule has 1 rings (SSSR count). The molecule has 106 valence electrons. The van der Waals surface area contributed by atoms with Gasteiger partial charge >= 0.3 is 11.7 Å². The molecule has 0 amide bonds. The lowest BCUT2D eigenvalue weighted by Crippen LogP contribution is -2.33. The van der Waals surface area contributed by atoms with Gasteiger partial charge in [0.05, 0.1) is 10.8 Å². The number of nitro groups is 1. The van der Waals surface area contributed by atoms with Crippen molar-refractivity contribution in [2.24, 2.45) is 13.0 Å². The standard InChI is InChI=1S/C11H18N4O4/c1-5-14(6-7(2)11(16)17)10-9(15(18)19)8(3)12-13(10)4/h7H,5-6H2,1-4H3,(H,16,17). The van der Waals surface area contributed by atoms with Gasteiger partial charge in [-0.3, -0.25) is 14.9 Å². The first-order valence-corrected chi connectivity index (χ1v) is 5.95. The molecule has 0 aliphatic rings. The second kappa shape index (κ2) is 5.68. The Kier molecular flexibility index (Phi) is 4.47. The topological polar surface area (TPSA) is 102 Å². The summed E-state index contributed by atoms with van der Waals surface area (Å²) in [5, 5.41) is 24.1. The van der Waals surface area contributed by atoms with Crippen LogP contribution in [0.4, 0.5) is 11.5 Å². The van der Waals surface area contributed by atoms with E-state index in [4.69, 9.17) is 5.11 Å². The van der Waals surface area contributed by atoms with Gasteiger partial charge in [-0.05, 0) is 13.8 Å². The zero-order chi connectivity index (χ0) is 14.7. The molecule has 0 radical (unpaired) electrons. The molecule has 0 aliphatic carbocycles. The first-order chi connectivity index (χ1) is 8.79. The number of anilines is 1. The normalized spacial score (nSPS) is 12.2. The summed E-state index contributed by atoms with van der Waals surface area (Å²) >= 11 is 0. The van der Waals surface area contributed by atoms with Crippen LogP contribution in [-0.2, 0) is 11.8 Å². The SMILES string of the molecule is CCN(CC(C)C(=O)O)c1c([N+](=O)[O-])c(C)nn1C. The van der Waals surface area contributed by atoms with E-state index in [0.29, 0.717) is 18.1 Å². The van der Waals surface area contributed by atoms with Crippen molar-refractivity contribution in [3.8, 4) is 0 Å². The number of carboxylic acid groups (broad SMARTS) is 1. The van der Waals surface area contributed by atoms with Gasteiger partial charge < -0.3 is 10.0 Å². The number of rotatable bonds is 6. The fourth-order valence-corrected chi connectivity index (χ4v) is 1.98. The van der Waals surface area contributed by atoms with Gasteiger partial charge in [-0.1, -0.05) is 6.92 Å². The number of aromatic nitrogens is 2. The van der Waals surface area contributed by atoms with E-state index in [-0.39, 0.29) is 12.2 Å². The molecular weight excluding hydrogens is 252 g/mol. The Balaban J connectivity index is 3.18. The van der Waals surface area contributed by atoms with E-state index in [1.165, 1.54) is 4.68 Å². The molecule has 1 aromatic rings. The highest BCUT2D eigenvalue weighted by Gasteiger charge is 2.29. The maximum Gasteiger partial charge on any atom is 0.333 e. The molecule has 19 heavy (non-hydrogen) atoms. The fraction of sp³-hybridized carbons (Fsp3) is 0.636. The first-order valence-electron chi connectivity index (χ1n) is 5.95. The number of nitrogens with zero attached hydrogens (tertiary/aromatic N) is 4. The Labute approximate surface area is 110 Å². The lowest BCUT2D eigenvalue weighted by Gasteiger charge is -2.23. The summed E-state index contributed by atoms with van der Waals surface area (Å²) in [6, 6.07) is 0. The summed E-state index contributed by atoms with van der Waals surface area (Å²) in [6.45, 7) is 5.62. The second-order valence-corrected chi connectivity index (χ2v) is 4.42. The second-order valence-electron chi connectivity index (χ2n) is 4.42. The van der Waals surface area contributed by atoms with Gasteiger partial charge in [-0.2, -0.15) is 5.10 Å². The van der Waals surface area contributed by atoms with Crippen molar-refractivity contribution in [3.63, 3.8) is 0 Å². The Morgan fingerprint density at radius 2 is 2.21 bits per heavy atom. The van der Waals surface area contributed by atoms with E-state index in [1.807, 2.05) is 6.92 Å². The minimum absolute atomic E-state index is 0.0676. The Morgan fingerprint density at radius 3 is 2.63 bits per heavy atom. The van der Waals surface area contributed by atoms with E-state index < -0.39 is 16.8 Å². The number of hydrogen-bond donors (Lipinski definition) is 1. The van der Waals surface area contributed by atoms with Gasteiger partial charge in [-0.25, -0.2) is 4.68 Å². The molecule has 0 spiro atoms. The zero-order valence-corrected chi connectivity index (χ0v) is 11.5. The molecule has 0 saturated carbocycles. The first kappa shape index (κ1) is 14.9. The summed E-state index contributed by atoms with van der Waals surface area (Å²) in [4.78, 5) is 23.2. The molecule has 1 atom stereocenters. The number of carbonyl (C=O) groups is 1. The molecule has 0 aliphatic heterocycles. The lowest BCUT2D eigenvalue weighted by atomic mass is 10.1. The van der Waals surface area contributed by atoms with Crippen LogP contribution in [0, 0.1) is 23.0 Å². The molecule has 1 unspecified atom stereocenters. The van der Waals surface area contributed by atoms with Crippen molar-refractivity contribution >= 4 is 17.5 Å². The average molecular weight is 270 g/mol. The highest BCUT2D eigenvalue weighted by atomic mass is 16.6. The maximum absolute atomic E-state index is 11.1. The van der Waals surface area contributed by atoms with Crippen molar-refractivity contribution < 1.29 is 14.8 Å². The molecule has 1 aromatic heterocycles. The number of hydrogen-bond acceptors (Lipinski definition) is 5. The van der Waals surface area contributed by atoms with Crippen LogP contribution in [-0.4, -0.2) is 38.9 Å². The summed E-state index contributed by atoms with van der Waals surface area (Å²) in [5.41, 5.74) is 0.255. The van der Waals surface area contributed by atoms with Crippen LogP contribution in [0.1, 0.15) is 19.5 Å². The fourth-order valence-electron chi connectivity index (χ4n) is 1.98.